The average Bonchev–Trinajstić information content (AvgIpc) is 2.64. The molecule has 138 valence electrons. The Balaban J connectivity index is 1.61. The van der Waals surface area contributed by atoms with Gasteiger partial charge in [0.25, 0.3) is 5.91 Å². The van der Waals surface area contributed by atoms with Crippen LogP contribution in [0.15, 0.2) is 53.0 Å². The molecule has 1 saturated heterocycles. The highest BCUT2D eigenvalue weighted by Crippen LogP contribution is 2.26. The highest BCUT2D eigenvalue weighted by molar-refractivity contribution is 9.10. The molecule has 0 atom stereocenters. The molecule has 26 heavy (non-hydrogen) atoms. The standard InChI is InChI=1S/C19H19BrF2N2O2/c20-16-6-7-17(26-19(21)22)15(12-16)13-23-8-10-24(11-9-23)18(25)14-4-2-1-3-5-14/h1-7,12,19H,8-11,13H2. The maximum atomic E-state index is 12.6. The number of nitrogens with zero attached hydrogens (tertiary/aromatic N) is 2. The van der Waals surface area contributed by atoms with E-state index in [1.54, 1.807) is 18.2 Å². The Morgan fingerprint density at radius 3 is 2.42 bits per heavy atom. The number of hydrogen-bond donors (Lipinski definition) is 0. The molecule has 0 saturated carbocycles. The molecule has 0 aromatic heterocycles. The molecular formula is C19H19BrF2N2O2. The van der Waals surface area contributed by atoms with E-state index in [0.717, 1.165) is 4.47 Å². The number of ether oxygens (including phenoxy) is 1. The van der Waals surface area contributed by atoms with Crippen LogP contribution in [0.5, 0.6) is 5.75 Å². The van der Waals surface area contributed by atoms with Crippen molar-refractivity contribution in [2.75, 3.05) is 26.2 Å². The molecule has 0 aliphatic carbocycles. The second-order valence-corrected chi connectivity index (χ2v) is 6.98. The number of hydrogen-bond acceptors (Lipinski definition) is 3. The minimum Gasteiger partial charge on any atom is -0.434 e. The SMILES string of the molecule is O=C(c1ccccc1)N1CCN(Cc2cc(Br)ccc2OC(F)F)CC1. The van der Waals surface area contributed by atoms with Crippen LogP contribution in [0.2, 0.25) is 0 Å². The predicted octanol–water partition coefficient (Wildman–Crippen LogP) is 4.01. The number of halogens is 3. The van der Waals surface area contributed by atoms with Gasteiger partial charge in [0.05, 0.1) is 0 Å². The van der Waals surface area contributed by atoms with Gasteiger partial charge in [0.15, 0.2) is 0 Å². The van der Waals surface area contributed by atoms with Crippen molar-refractivity contribution in [1.82, 2.24) is 9.80 Å². The molecule has 2 aromatic carbocycles. The molecule has 4 nitrogen and oxygen atoms in total. The second kappa shape index (κ2) is 8.60. The number of carbonyl (C=O) groups excluding carboxylic acids is 1. The largest absolute Gasteiger partial charge is 0.434 e. The lowest BCUT2D eigenvalue weighted by Gasteiger charge is -2.35. The van der Waals surface area contributed by atoms with Crippen molar-refractivity contribution < 1.29 is 18.3 Å². The van der Waals surface area contributed by atoms with Gasteiger partial charge in [0.1, 0.15) is 5.75 Å². The maximum Gasteiger partial charge on any atom is 0.387 e. The van der Waals surface area contributed by atoms with E-state index in [-0.39, 0.29) is 11.7 Å². The third-order valence-electron chi connectivity index (χ3n) is 4.31. The second-order valence-electron chi connectivity index (χ2n) is 6.06. The Kier molecular flexibility index (Phi) is 6.21. The summed E-state index contributed by atoms with van der Waals surface area (Å²) >= 11 is 3.37. The van der Waals surface area contributed by atoms with Gasteiger partial charge >= 0.3 is 6.61 Å². The minimum absolute atomic E-state index is 0.0226. The van der Waals surface area contributed by atoms with Crippen molar-refractivity contribution in [3.05, 3.63) is 64.1 Å². The van der Waals surface area contributed by atoms with Crippen molar-refractivity contribution in [2.24, 2.45) is 0 Å². The van der Waals surface area contributed by atoms with E-state index in [4.69, 9.17) is 0 Å². The summed E-state index contributed by atoms with van der Waals surface area (Å²) in [5.74, 6) is 0.209. The summed E-state index contributed by atoms with van der Waals surface area (Å²) in [7, 11) is 0. The van der Waals surface area contributed by atoms with E-state index in [1.165, 1.54) is 0 Å². The fourth-order valence-electron chi connectivity index (χ4n) is 3.00. The van der Waals surface area contributed by atoms with Crippen LogP contribution in [0.25, 0.3) is 0 Å². The van der Waals surface area contributed by atoms with Crippen LogP contribution < -0.4 is 4.74 Å². The molecule has 0 spiro atoms. The lowest BCUT2D eigenvalue weighted by Crippen LogP contribution is -2.48. The highest BCUT2D eigenvalue weighted by atomic mass is 79.9. The zero-order valence-electron chi connectivity index (χ0n) is 14.1. The van der Waals surface area contributed by atoms with Crippen molar-refractivity contribution >= 4 is 21.8 Å². The molecule has 1 heterocycles. The van der Waals surface area contributed by atoms with Crippen LogP contribution in [0.1, 0.15) is 15.9 Å². The van der Waals surface area contributed by atoms with E-state index in [1.807, 2.05) is 35.2 Å². The van der Waals surface area contributed by atoms with E-state index >= 15 is 0 Å². The summed E-state index contributed by atoms with van der Waals surface area (Å²) in [5.41, 5.74) is 1.38. The number of rotatable bonds is 5. The van der Waals surface area contributed by atoms with Crippen molar-refractivity contribution in [3.63, 3.8) is 0 Å². The summed E-state index contributed by atoms with van der Waals surface area (Å²) in [6.07, 6.45) is 0. The Labute approximate surface area is 159 Å². The van der Waals surface area contributed by atoms with Gasteiger partial charge in [-0.2, -0.15) is 8.78 Å². The molecule has 7 heteroatoms. The lowest BCUT2D eigenvalue weighted by atomic mass is 10.1. The zero-order chi connectivity index (χ0) is 18.5. The molecule has 0 bridgehead atoms. The Morgan fingerprint density at radius 2 is 1.77 bits per heavy atom. The monoisotopic (exact) mass is 424 g/mol. The van der Waals surface area contributed by atoms with E-state index in [0.29, 0.717) is 43.9 Å². The normalized spacial score (nSPS) is 15.3. The lowest BCUT2D eigenvalue weighted by molar-refractivity contribution is -0.0508. The van der Waals surface area contributed by atoms with Gasteiger partial charge in [0, 0.05) is 48.3 Å². The summed E-state index contributed by atoms with van der Waals surface area (Å²) in [6, 6.07) is 14.2. The molecule has 2 aromatic rings. The summed E-state index contributed by atoms with van der Waals surface area (Å²) < 4.78 is 30.6. The zero-order valence-corrected chi connectivity index (χ0v) is 15.7. The minimum atomic E-state index is -2.85. The first kappa shape index (κ1) is 18.8. The average molecular weight is 425 g/mol. The highest BCUT2D eigenvalue weighted by Gasteiger charge is 2.23. The molecule has 3 rings (SSSR count). The fraction of sp³-hybridized carbons (Fsp3) is 0.316. The summed E-state index contributed by atoms with van der Waals surface area (Å²) in [5, 5.41) is 0. The van der Waals surface area contributed by atoms with Gasteiger partial charge in [0.2, 0.25) is 0 Å². The van der Waals surface area contributed by atoms with Gasteiger partial charge < -0.3 is 9.64 Å². The third-order valence-corrected chi connectivity index (χ3v) is 4.81. The summed E-state index contributed by atoms with van der Waals surface area (Å²) in [4.78, 5) is 16.4. The van der Waals surface area contributed by atoms with Gasteiger partial charge in [-0.15, -0.1) is 0 Å². The van der Waals surface area contributed by atoms with Crippen LogP contribution in [0.4, 0.5) is 8.78 Å². The van der Waals surface area contributed by atoms with E-state index < -0.39 is 6.61 Å². The van der Waals surface area contributed by atoms with Crippen molar-refractivity contribution in [1.29, 1.82) is 0 Å². The third kappa shape index (κ3) is 4.80. The number of benzene rings is 2. The van der Waals surface area contributed by atoms with Crippen molar-refractivity contribution in [3.8, 4) is 5.75 Å². The van der Waals surface area contributed by atoms with Crippen molar-refractivity contribution in [2.45, 2.75) is 13.2 Å². The maximum absolute atomic E-state index is 12.6. The molecule has 1 amide bonds. The van der Waals surface area contributed by atoms with Crippen LogP contribution in [-0.4, -0.2) is 48.5 Å². The summed E-state index contributed by atoms with van der Waals surface area (Å²) in [6.45, 7) is 0.211. The first-order chi connectivity index (χ1) is 12.5. The van der Waals surface area contributed by atoms with Gasteiger partial charge in [-0.3, -0.25) is 9.69 Å². The Bertz CT molecular complexity index is 750. The molecule has 1 aliphatic heterocycles. The molecule has 0 unspecified atom stereocenters. The number of amides is 1. The van der Waals surface area contributed by atoms with Crippen LogP contribution >= 0.6 is 15.9 Å². The predicted molar refractivity (Wildman–Crippen MR) is 98.4 cm³/mol. The number of alkyl halides is 2. The smallest absolute Gasteiger partial charge is 0.387 e. The van der Waals surface area contributed by atoms with Crippen LogP contribution in [-0.2, 0) is 6.54 Å². The van der Waals surface area contributed by atoms with Crippen LogP contribution in [0.3, 0.4) is 0 Å². The van der Waals surface area contributed by atoms with Gasteiger partial charge in [-0.05, 0) is 30.3 Å². The Hall–Kier alpha value is -1.99. The van der Waals surface area contributed by atoms with Gasteiger partial charge in [-0.25, -0.2) is 0 Å². The fourth-order valence-corrected chi connectivity index (χ4v) is 3.40. The number of carbonyl (C=O) groups is 1. The molecular weight excluding hydrogens is 406 g/mol. The van der Waals surface area contributed by atoms with Gasteiger partial charge in [-0.1, -0.05) is 34.1 Å². The first-order valence-electron chi connectivity index (χ1n) is 8.33. The Morgan fingerprint density at radius 1 is 1.08 bits per heavy atom. The van der Waals surface area contributed by atoms with E-state index in [2.05, 4.69) is 25.6 Å². The molecule has 0 N–H and O–H groups in total. The van der Waals surface area contributed by atoms with Crippen LogP contribution in [0, 0.1) is 0 Å². The topological polar surface area (TPSA) is 32.8 Å². The molecule has 0 radical (unpaired) electrons. The molecule has 1 aliphatic rings. The number of piperazine rings is 1. The van der Waals surface area contributed by atoms with E-state index in [9.17, 15) is 13.6 Å². The molecule has 1 fully saturated rings. The quantitative estimate of drug-likeness (QED) is 0.726. The first-order valence-corrected chi connectivity index (χ1v) is 9.12.